The average molecular weight is 397 g/mol. The molecule has 0 aliphatic carbocycles. The van der Waals surface area contributed by atoms with Gasteiger partial charge in [-0.2, -0.15) is 0 Å². The molecule has 0 bridgehead atoms. The predicted molar refractivity (Wildman–Crippen MR) is 111 cm³/mol. The van der Waals surface area contributed by atoms with Crippen LogP contribution in [0, 0.1) is 12.8 Å². The Morgan fingerprint density at radius 1 is 1.11 bits per heavy atom. The number of hydrogen-bond acceptors (Lipinski definition) is 5. The lowest BCUT2D eigenvalue weighted by molar-refractivity contribution is -0.120. The summed E-state index contributed by atoms with van der Waals surface area (Å²) < 4.78 is 5.45. The summed E-state index contributed by atoms with van der Waals surface area (Å²) in [6, 6.07) is 9.37. The van der Waals surface area contributed by atoms with Gasteiger partial charge in [-0.25, -0.2) is 4.90 Å². The number of rotatable bonds is 4. The molecule has 3 heterocycles. The minimum Gasteiger partial charge on any atom is -0.495 e. The number of likely N-dealkylation sites (tertiary alicyclic amines) is 1. The molecule has 28 heavy (non-hydrogen) atoms. The first-order chi connectivity index (χ1) is 13.5. The minimum atomic E-state index is -0.273. The zero-order valence-electron chi connectivity index (χ0n) is 16.4. The number of amides is 2. The van der Waals surface area contributed by atoms with Gasteiger partial charge in [-0.3, -0.25) is 9.59 Å². The molecule has 2 aliphatic rings. The third-order valence-corrected chi connectivity index (χ3v) is 6.39. The molecule has 0 spiro atoms. The quantitative estimate of drug-likeness (QED) is 0.731. The lowest BCUT2D eigenvalue weighted by Crippen LogP contribution is -2.38. The molecule has 0 atom stereocenters. The maximum Gasteiger partial charge on any atom is 0.282 e. The van der Waals surface area contributed by atoms with E-state index in [4.69, 9.17) is 4.74 Å². The number of piperidine rings is 1. The van der Waals surface area contributed by atoms with Crippen molar-refractivity contribution in [1.82, 2.24) is 4.90 Å². The largest absolute Gasteiger partial charge is 0.495 e. The Balaban J connectivity index is 1.82. The highest BCUT2D eigenvalue weighted by Crippen LogP contribution is 2.40. The van der Waals surface area contributed by atoms with Crippen molar-refractivity contribution in [2.45, 2.75) is 26.7 Å². The summed E-state index contributed by atoms with van der Waals surface area (Å²) in [6.45, 7) is 5.76. The second-order valence-corrected chi connectivity index (χ2v) is 8.44. The fourth-order valence-electron chi connectivity index (χ4n) is 3.88. The predicted octanol–water partition coefficient (Wildman–Crippen LogP) is 4.08. The Labute approximate surface area is 169 Å². The SMILES string of the molecule is COc1ccc(C)cc1N1C(=O)C(c2cccs2)=C(N2CCC(C)CC2)C1=O. The van der Waals surface area contributed by atoms with Crippen molar-refractivity contribution in [3.63, 3.8) is 0 Å². The Kier molecular flexibility index (Phi) is 4.98. The number of carbonyl (C=O) groups excluding carboxylic acids is 2. The first kappa shape index (κ1) is 18.7. The van der Waals surface area contributed by atoms with Crippen molar-refractivity contribution in [3.05, 3.63) is 51.8 Å². The molecule has 1 saturated heterocycles. The van der Waals surface area contributed by atoms with Gasteiger partial charge in [-0.05, 0) is 54.8 Å². The summed E-state index contributed by atoms with van der Waals surface area (Å²) >= 11 is 1.49. The van der Waals surface area contributed by atoms with Crippen molar-refractivity contribution in [3.8, 4) is 5.75 Å². The average Bonchev–Trinajstić information content (AvgIpc) is 3.29. The summed E-state index contributed by atoms with van der Waals surface area (Å²) in [5.74, 6) is 0.630. The van der Waals surface area contributed by atoms with Gasteiger partial charge in [0.25, 0.3) is 11.8 Å². The van der Waals surface area contributed by atoms with Crippen LogP contribution in [-0.2, 0) is 9.59 Å². The molecule has 1 aromatic carbocycles. The Bertz CT molecular complexity index is 941. The summed E-state index contributed by atoms with van der Waals surface area (Å²) in [7, 11) is 1.56. The molecule has 2 amide bonds. The fourth-order valence-corrected chi connectivity index (χ4v) is 4.64. The van der Waals surface area contributed by atoms with Crippen LogP contribution in [0.3, 0.4) is 0 Å². The van der Waals surface area contributed by atoms with E-state index in [1.54, 1.807) is 13.2 Å². The van der Waals surface area contributed by atoms with Gasteiger partial charge < -0.3 is 9.64 Å². The topological polar surface area (TPSA) is 49.9 Å². The number of nitrogens with zero attached hydrogens (tertiary/aromatic N) is 2. The van der Waals surface area contributed by atoms with E-state index in [0.29, 0.717) is 28.6 Å². The van der Waals surface area contributed by atoms with E-state index in [1.165, 1.54) is 16.2 Å². The lowest BCUT2D eigenvalue weighted by Gasteiger charge is -2.32. The molecule has 0 radical (unpaired) electrons. The highest BCUT2D eigenvalue weighted by molar-refractivity contribution is 7.11. The number of carbonyl (C=O) groups is 2. The van der Waals surface area contributed by atoms with E-state index in [-0.39, 0.29) is 11.8 Å². The molecular weight excluding hydrogens is 372 g/mol. The van der Waals surface area contributed by atoms with Crippen LogP contribution in [0.1, 0.15) is 30.2 Å². The fraction of sp³-hybridized carbons (Fsp3) is 0.364. The molecule has 5 nitrogen and oxygen atoms in total. The molecule has 0 N–H and O–H groups in total. The molecule has 1 aromatic heterocycles. The van der Waals surface area contributed by atoms with Crippen LogP contribution < -0.4 is 9.64 Å². The summed E-state index contributed by atoms with van der Waals surface area (Å²) in [6.07, 6.45) is 2.05. The van der Waals surface area contributed by atoms with Crippen LogP contribution in [0.5, 0.6) is 5.75 Å². The van der Waals surface area contributed by atoms with Crippen LogP contribution >= 0.6 is 11.3 Å². The molecular formula is C22H24N2O3S. The number of thiophene rings is 1. The van der Waals surface area contributed by atoms with E-state index in [9.17, 15) is 9.59 Å². The zero-order chi connectivity index (χ0) is 19.8. The first-order valence-electron chi connectivity index (χ1n) is 9.57. The van der Waals surface area contributed by atoms with E-state index in [0.717, 1.165) is 36.4 Å². The summed E-state index contributed by atoms with van der Waals surface area (Å²) in [4.78, 5) is 31.2. The van der Waals surface area contributed by atoms with E-state index in [2.05, 4.69) is 11.8 Å². The van der Waals surface area contributed by atoms with Gasteiger partial charge in [-0.15, -0.1) is 11.3 Å². The van der Waals surface area contributed by atoms with Crippen LogP contribution in [0.4, 0.5) is 5.69 Å². The number of methoxy groups -OCH3 is 1. The molecule has 4 rings (SSSR count). The Hall–Kier alpha value is -2.60. The van der Waals surface area contributed by atoms with Crippen molar-refractivity contribution in [2.75, 3.05) is 25.1 Å². The zero-order valence-corrected chi connectivity index (χ0v) is 17.2. The van der Waals surface area contributed by atoms with Crippen molar-refractivity contribution in [2.24, 2.45) is 5.92 Å². The molecule has 2 aromatic rings. The van der Waals surface area contributed by atoms with Gasteiger partial charge in [-0.1, -0.05) is 19.1 Å². The molecule has 146 valence electrons. The maximum absolute atomic E-state index is 13.5. The lowest BCUT2D eigenvalue weighted by atomic mass is 9.98. The van der Waals surface area contributed by atoms with Gasteiger partial charge in [0.15, 0.2) is 0 Å². The minimum absolute atomic E-state index is 0.258. The smallest absolute Gasteiger partial charge is 0.282 e. The second kappa shape index (κ2) is 7.43. The van der Waals surface area contributed by atoms with Crippen LogP contribution in [0.15, 0.2) is 41.4 Å². The number of anilines is 1. The van der Waals surface area contributed by atoms with Crippen LogP contribution in [0.2, 0.25) is 0 Å². The number of imide groups is 1. The molecule has 1 fully saturated rings. The third kappa shape index (κ3) is 3.11. The van der Waals surface area contributed by atoms with Crippen LogP contribution in [-0.4, -0.2) is 36.9 Å². The monoisotopic (exact) mass is 396 g/mol. The summed E-state index contributed by atoms with van der Waals surface area (Å²) in [5.41, 5.74) is 2.52. The summed E-state index contributed by atoms with van der Waals surface area (Å²) in [5, 5.41) is 1.94. The van der Waals surface area contributed by atoms with E-state index >= 15 is 0 Å². The highest BCUT2D eigenvalue weighted by atomic mass is 32.1. The number of benzene rings is 1. The third-order valence-electron chi connectivity index (χ3n) is 5.50. The van der Waals surface area contributed by atoms with Gasteiger partial charge in [0.05, 0.1) is 18.4 Å². The standard InChI is InChI=1S/C22H24N2O3S/c1-14-8-10-23(11-9-14)20-19(18-5-4-12-28-18)21(25)24(22(20)26)16-13-15(2)6-7-17(16)27-3/h4-7,12-14H,8-11H2,1-3H3. The second-order valence-electron chi connectivity index (χ2n) is 7.49. The molecule has 0 unspecified atom stereocenters. The van der Waals surface area contributed by atoms with E-state index in [1.807, 2.05) is 36.6 Å². The van der Waals surface area contributed by atoms with Gasteiger partial charge in [0.1, 0.15) is 11.4 Å². The maximum atomic E-state index is 13.5. The Morgan fingerprint density at radius 3 is 2.50 bits per heavy atom. The first-order valence-corrected chi connectivity index (χ1v) is 10.5. The van der Waals surface area contributed by atoms with Crippen molar-refractivity contribution in [1.29, 1.82) is 0 Å². The molecule has 6 heteroatoms. The van der Waals surface area contributed by atoms with Gasteiger partial charge in [0.2, 0.25) is 0 Å². The number of ether oxygens (including phenoxy) is 1. The Morgan fingerprint density at radius 2 is 1.86 bits per heavy atom. The molecule has 2 aliphatic heterocycles. The number of aryl methyl sites for hydroxylation is 1. The molecule has 0 saturated carbocycles. The van der Waals surface area contributed by atoms with Crippen molar-refractivity contribution >= 4 is 34.4 Å². The van der Waals surface area contributed by atoms with Crippen molar-refractivity contribution < 1.29 is 14.3 Å². The van der Waals surface area contributed by atoms with Gasteiger partial charge >= 0.3 is 0 Å². The van der Waals surface area contributed by atoms with Crippen LogP contribution in [0.25, 0.3) is 5.57 Å². The highest BCUT2D eigenvalue weighted by Gasteiger charge is 2.44. The van der Waals surface area contributed by atoms with E-state index < -0.39 is 0 Å². The normalized spacial score (nSPS) is 18.4. The van der Waals surface area contributed by atoms with Gasteiger partial charge in [0, 0.05) is 18.0 Å². The number of hydrogen-bond donors (Lipinski definition) is 0.